The number of nitrogens with one attached hydrogen (secondary N) is 1. The summed E-state index contributed by atoms with van der Waals surface area (Å²) in [7, 11) is 0. The van der Waals surface area contributed by atoms with E-state index < -0.39 is 11.7 Å². The minimum atomic E-state index is -0.486. The molecular formula is C14H10ClFN4O. The van der Waals surface area contributed by atoms with E-state index in [9.17, 15) is 9.18 Å². The Hall–Kier alpha value is -2.47. The largest absolute Gasteiger partial charge is 0.345 e. The van der Waals surface area contributed by atoms with Crippen LogP contribution < -0.4 is 5.32 Å². The Balaban J connectivity index is 1.77. The molecule has 1 N–H and O–H groups in total. The quantitative estimate of drug-likeness (QED) is 0.808. The number of rotatable bonds is 3. The predicted octanol–water partition coefficient (Wildman–Crippen LogP) is 2.45. The molecule has 0 spiro atoms. The first-order valence-electron chi connectivity index (χ1n) is 6.17. The smallest absolute Gasteiger partial charge is 0.253 e. The van der Waals surface area contributed by atoms with Crippen molar-refractivity contribution >= 4 is 23.2 Å². The van der Waals surface area contributed by atoms with Crippen molar-refractivity contribution in [3.8, 4) is 0 Å². The molecule has 3 rings (SSSR count). The molecule has 0 aliphatic rings. The third-order valence-corrected chi connectivity index (χ3v) is 3.28. The van der Waals surface area contributed by atoms with Crippen LogP contribution in [0.3, 0.4) is 0 Å². The molecule has 0 saturated heterocycles. The molecule has 1 aromatic carbocycles. The van der Waals surface area contributed by atoms with Crippen molar-refractivity contribution in [2.75, 3.05) is 0 Å². The van der Waals surface area contributed by atoms with E-state index in [1.807, 2.05) is 24.4 Å². The van der Waals surface area contributed by atoms with E-state index in [1.54, 1.807) is 4.40 Å². The van der Waals surface area contributed by atoms with Crippen LogP contribution in [0.5, 0.6) is 0 Å². The molecule has 7 heteroatoms. The number of hydrogen-bond acceptors (Lipinski definition) is 3. The Kier molecular flexibility index (Phi) is 3.53. The summed E-state index contributed by atoms with van der Waals surface area (Å²) in [6, 6.07) is 9.14. The SMILES string of the molecule is O=C(NCc1nnc2ccccn12)c1ccc(F)cc1Cl. The van der Waals surface area contributed by atoms with Crippen LogP contribution in [0.4, 0.5) is 4.39 Å². The van der Waals surface area contributed by atoms with Crippen LogP contribution >= 0.6 is 11.6 Å². The standard InChI is InChI=1S/C14H10ClFN4O/c15-11-7-9(16)4-5-10(11)14(21)17-8-13-19-18-12-3-1-2-6-20(12)13/h1-7H,8H2,(H,17,21). The lowest BCUT2D eigenvalue weighted by molar-refractivity contribution is 0.0950. The summed E-state index contributed by atoms with van der Waals surface area (Å²) < 4.78 is 14.7. The maximum Gasteiger partial charge on any atom is 0.253 e. The molecule has 0 aliphatic heterocycles. The number of halogens is 2. The molecule has 0 radical (unpaired) electrons. The van der Waals surface area contributed by atoms with Crippen molar-refractivity contribution in [2.45, 2.75) is 6.54 Å². The van der Waals surface area contributed by atoms with E-state index in [-0.39, 0.29) is 17.1 Å². The van der Waals surface area contributed by atoms with Gasteiger partial charge in [0, 0.05) is 6.20 Å². The zero-order chi connectivity index (χ0) is 14.8. The maximum atomic E-state index is 13.0. The van der Waals surface area contributed by atoms with Gasteiger partial charge >= 0.3 is 0 Å². The number of amides is 1. The number of hydrogen-bond donors (Lipinski definition) is 1. The molecule has 2 aromatic heterocycles. The number of pyridine rings is 1. The highest BCUT2D eigenvalue weighted by molar-refractivity contribution is 6.33. The van der Waals surface area contributed by atoms with E-state index in [0.29, 0.717) is 11.5 Å². The van der Waals surface area contributed by atoms with Crippen LogP contribution in [0.1, 0.15) is 16.2 Å². The number of aromatic nitrogens is 3. The van der Waals surface area contributed by atoms with E-state index >= 15 is 0 Å². The van der Waals surface area contributed by atoms with Crippen molar-refractivity contribution in [3.63, 3.8) is 0 Å². The second-order valence-electron chi connectivity index (χ2n) is 4.35. The maximum absolute atomic E-state index is 13.0. The van der Waals surface area contributed by atoms with Gasteiger partial charge in [-0.25, -0.2) is 4.39 Å². The highest BCUT2D eigenvalue weighted by atomic mass is 35.5. The molecule has 0 atom stereocenters. The first-order chi connectivity index (χ1) is 10.1. The summed E-state index contributed by atoms with van der Waals surface area (Å²) in [5.74, 6) is -0.287. The number of carbonyl (C=O) groups is 1. The van der Waals surface area contributed by atoms with Gasteiger partial charge in [-0.2, -0.15) is 0 Å². The third-order valence-electron chi connectivity index (χ3n) is 2.97. The highest BCUT2D eigenvalue weighted by Crippen LogP contribution is 2.17. The second-order valence-corrected chi connectivity index (χ2v) is 4.76. The van der Waals surface area contributed by atoms with Gasteiger partial charge in [0.1, 0.15) is 5.82 Å². The molecule has 0 saturated carbocycles. The topological polar surface area (TPSA) is 59.3 Å². The van der Waals surface area contributed by atoms with Gasteiger partial charge in [-0.1, -0.05) is 17.7 Å². The Morgan fingerprint density at radius 2 is 2.14 bits per heavy atom. The lowest BCUT2D eigenvalue weighted by Crippen LogP contribution is -2.24. The molecule has 1 amide bonds. The first kappa shape index (κ1) is 13.5. The van der Waals surface area contributed by atoms with E-state index in [1.165, 1.54) is 12.1 Å². The van der Waals surface area contributed by atoms with Gasteiger partial charge in [-0.15, -0.1) is 10.2 Å². The van der Waals surface area contributed by atoms with E-state index in [2.05, 4.69) is 15.5 Å². The van der Waals surface area contributed by atoms with Crippen LogP contribution in [0.25, 0.3) is 5.65 Å². The summed E-state index contributed by atoms with van der Waals surface area (Å²) in [6.07, 6.45) is 1.81. The number of benzene rings is 1. The van der Waals surface area contributed by atoms with Crippen LogP contribution in [0.15, 0.2) is 42.6 Å². The van der Waals surface area contributed by atoms with Crippen LogP contribution in [0, 0.1) is 5.82 Å². The van der Waals surface area contributed by atoms with Gasteiger partial charge in [0.2, 0.25) is 0 Å². The average molecular weight is 305 g/mol. The van der Waals surface area contributed by atoms with Crippen molar-refractivity contribution in [1.82, 2.24) is 19.9 Å². The highest BCUT2D eigenvalue weighted by Gasteiger charge is 2.12. The fraction of sp³-hybridized carbons (Fsp3) is 0.0714. The fourth-order valence-corrected chi connectivity index (χ4v) is 2.19. The summed E-state index contributed by atoms with van der Waals surface area (Å²) >= 11 is 5.85. The third kappa shape index (κ3) is 2.71. The molecule has 0 aliphatic carbocycles. The molecule has 21 heavy (non-hydrogen) atoms. The molecule has 106 valence electrons. The van der Waals surface area contributed by atoms with Crippen molar-refractivity contribution < 1.29 is 9.18 Å². The molecule has 5 nitrogen and oxygen atoms in total. The summed E-state index contributed by atoms with van der Waals surface area (Å²) in [5.41, 5.74) is 0.911. The molecule has 2 heterocycles. The normalized spacial score (nSPS) is 10.8. The second kappa shape index (κ2) is 5.49. The van der Waals surface area contributed by atoms with E-state index in [0.717, 1.165) is 6.07 Å². The summed E-state index contributed by atoms with van der Waals surface area (Å²) in [5, 5.41) is 10.7. The van der Waals surface area contributed by atoms with Crippen LogP contribution in [0.2, 0.25) is 5.02 Å². The van der Waals surface area contributed by atoms with Crippen molar-refractivity contribution in [2.24, 2.45) is 0 Å². The number of carbonyl (C=O) groups excluding carboxylic acids is 1. The summed E-state index contributed by atoms with van der Waals surface area (Å²) in [6.45, 7) is 0.192. The monoisotopic (exact) mass is 304 g/mol. The molecular weight excluding hydrogens is 295 g/mol. The Labute approximate surface area is 124 Å². The first-order valence-corrected chi connectivity index (χ1v) is 6.55. The Bertz CT molecular complexity index is 818. The zero-order valence-corrected chi connectivity index (χ0v) is 11.5. The summed E-state index contributed by atoms with van der Waals surface area (Å²) in [4.78, 5) is 12.0. The fourth-order valence-electron chi connectivity index (χ4n) is 1.94. The minimum Gasteiger partial charge on any atom is -0.345 e. The molecule has 0 unspecified atom stereocenters. The van der Waals surface area contributed by atoms with Crippen LogP contribution in [-0.4, -0.2) is 20.5 Å². The number of nitrogens with zero attached hydrogens (tertiary/aromatic N) is 3. The van der Waals surface area contributed by atoms with Gasteiger partial charge < -0.3 is 5.32 Å². The molecule has 0 bridgehead atoms. The van der Waals surface area contributed by atoms with Gasteiger partial charge in [0.05, 0.1) is 17.1 Å². The van der Waals surface area contributed by atoms with E-state index in [4.69, 9.17) is 11.6 Å². The van der Waals surface area contributed by atoms with Gasteiger partial charge in [0.25, 0.3) is 5.91 Å². The molecule has 3 aromatic rings. The van der Waals surface area contributed by atoms with Crippen molar-refractivity contribution in [3.05, 3.63) is 64.8 Å². The molecule has 0 fully saturated rings. The lowest BCUT2D eigenvalue weighted by Gasteiger charge is -2.06. The van der Waals surface area contributed by atoms with Gasteiger partial charge in [-0.05, 0) is 30.3 Å². The zero-order valence-electron chi connectivity index (χ0n) is 10.8. The van der Waals surface area contributed by atoms with Gasteiger partial charge in [-0.3, -0.25) is 9.20 Å². The van der Waals surface area contributed by atoms with Crippen LogP contribution in [-0.2, 0) is 6.54 Å². The predicted molar refractivity (Wildman–Crippen MR) is 75.6 cm³/mol. The Morgan fingerprint density at radius 1 is 1.29 bits per heavy atom. The number of fused-ring (bicyclic) bond motifs is 1. The minimum absolute atomic E-state index is 0.0681. The van der Waals surface area contributed by atoms with Crippen molar-refractivity contribution in [1.29, 1.82) is 0 Å². The average Bonchev–Trinajstić information content (AvgIpc) is 2.88. The van der Waals surface area contributed by atoms with Gasteiger partial charge in [0.15, 0.2) is 11.5 Å². The Morgan fingerprint density at radius 3 is 2.95 bits per heavy atom. The lowest BCUT2D eigenvalue weighted by atomic mass is 10.2.